The van der Waals surface area contributed by atoms with Gasteiger partial charge in [0, 0.05) is 23.8 Å². The van der Waals surface area contributed by atoms with E-state index in [4.69, 9.17) is 0 Å². The molecule has 2 aromatic rings. The molecule has 4 heteroatoms. The van der Waals surface area contributed by atoms with Crippen molar-refractivity contribution in [3.8, 4) is 0 Å². The lowest BCUT2D eigenvalue weighted by Crippen LogP contribution is -2.42. The Bertz CT molecular complexity index is 887. The molecule has 1 aliphatic heterocycles. The van der Waals surface area contributed by atoms with E-state index in [2.05, 4.69) is 12.2 Å². The highest BCUT2D eigenvalue weighted by atomic mass is 16.2. The van der Waals surface area contributed by atoms with Crippen LogP contribution < -0.4 is 5.32 Å². The van der Waals surface area contributed by atoms with E-state index in [1.807, 2.05) is 60.4 Å². The van der Waals surface area contributed by atoms with Crippen LogP contribution >= 0.6 is 0 Å². The summed E-state index contributed by atoms with van der Waals surface area (Å²) in [6, 6.07) is 15.9. The lowest BCUT2D eigenvalue weighted by molar-refractivity contribution is -0.118. The number of carbonyl (C=O) groups is 2. The van der Waals surface area contributed by atoms with E-state index in [1.165, 1.54) is 6.42 Å². The SMILES string of the molecule is Cc1cc(C(=O)N2CCCCC2C)ccc1NC(=O)C1(c2ccccc2)CC1. The van der Waals surface area contributed by atoms with Crippen molar-refractivity contribution in [1.29, 1.82) is 0 Å². The summed E-state index contributed by atoms with van der Waals surface area (Å²) in [5.74, 6) is 0.140. The molecule has 0 spiro atoms. The van der Waals surface area contributed by atoms with Gasteiger partial charge in [0.2, 0.25) is 5.91 Å². The lowest BCUT2D eigenvalue weighted by atomic mass is 9.94. The molecule has 4 rings (SSSR count). The molecule has 146 valence electrons. The number of hydrogen-bond donors (Lipinski definition) is 1. The highest BCUT2D eigenvalue weighted by molar-refractivity contribution is 6.02. The molecule has 0 radical (unpaired) electrons. The van der Waals surface area contributed by atoms with Crippen molar-refractivity contribution in [2.45, 2.75) is 57.4 Å². The quantitative estimate of drug-likeness (QED) is 0.842. The second kappa shape index (κ2) is 7.42. The zero-order valence-corrected chi connectivity index (χ0v) is 16.7. The molecular formula is C24H28N2O2. The first-order valence-electron chi connectivity index (χ1n) is 10.3. The van der Waals surface area contributed by atoms with E-state index in [0.717, 1.165) is 49.0 Å². The zero-order chi connectivity index (χ0) is 19.7. The minimum absolute atomic E-state index is 0.0468. The highest BCUT2D eigenvalue weighted by Gasteiger charge is 2.51. The molecule has 1 aliphatic carbocycles. The van der Waals surface area contributed by atoms with Gasteiger partial charge in [-0.15, -0.1) is 0 Å². The Kier molecular flexibility index (Phi) is 4.96. The Morgan fingerprint density at radius 3 is 2.46 bits per heavy atom. The van der Waals surface area contributed by atoms with Gasteiger partial charge in [0.1, 0.15) is 0 Å². The summed E-state index contributed by atoms with van der Waals surface area (Å²) < 4.78 is 0. The number of benzene rings is 2. The van der Waals surface area contributed by atoms with Gasteiger partial charge in [-0.25, -0.2) is 0 Å². The molecule has 2 fully saturated rings. The van der Waals surface area contributed by atoms with Crippen LogP contribution in [-0.2, 0) is 10.2 Å². The number of piperidine rings is 1. The number of amides is 2. The molecule has 1 N–H and O–H groups in total. The van der Waals surface area contributed by atoms with Crippen molar-refractivity contribution in [3.05, 3.63) is 65.2 Å². The minimum atomic E-state index is -0.397. The summed E-state index contributed by atoms with van der Waals surface area (Å²) in [6.45, 7) is 4.91. The number of anilines is 1. The van der Waals surface area contributed by atoms with E-state index in [9.17, 15) is 9.59 Å². The standard InChI is InChI=1S/C24H28N2O2/c1-17-16-19(22(27)26-15-7-6-8-18(26)2)11-12-21(17)25-23(28)24(13-14-24)20-9-4-3-5-10-20/h3-5,9-12,16,18H,6-8,13-15H2,1-2H3,(H,25,28). The molecule has 1 atom stereocenters. The van der Waals surface area contributed by atoms with Crippen LogP contribution in [0.3, 0.4) is 0 Å². The molecule has 4 nitrogen and oxygen atoms in total. The lowest BCUT2D eigenvalue weighted by Gasteiger charge is -2.33. The molecular weight excluding hydrogens is 348 g/mol. The topological polar surface area (TPSA) is 49.4 Å². The Hall–Kier alpha value is -2.62. The van der Waals surface area contributed by atoms with Crippen LogP contribution in [0.25, 0.3) is 0 Å². The van der Waals surface area contributed by atoms with E-state index in [-0.39, 0.29) is 11.8 Å². The number of nitrogens with zero attached hydrogens (tertiary/aromatic N) is 1. The first-order valence-corrected chi connectivity index (χ1v) is 10.3. The molecule has 2 aliphatic rings. The van der Waals surface area contributed by atoms with E-state index < -0.39 is 5.41 Å². The number of rotatable bonds is 4. The number of nitrogens with one attached hydrogen (secondary N) is 1. The third kappa shape index (κ3) is 3.44. The number of hydrogen-bond acceptors (Lipinski definition) is 2. The van der Waals surface area contributed by atoms with Crippen LogP contribution in [0.2, 0.25) is 0 Å². The van der Waals surface area contributed by atoms with Gasteiger partial charge in [-0.3, -0.25) is 9.59 Å². The zero-order valence-electron chi connectivity index (χ0n) is 16.7. The third-order valence-corrected chi connectivity index (χ3v) is 6.30. The van der Waals surface area contributed by atoms with Crippen molar-refractivity contribution in [1.82, 2.24) is 4.90 Å². The molecule has 0 aromatic heterocycles. The van der Waals surface area contributed by atoms with Crippen LogP contribution in [0, 0.1) is 6.92 Å². The number of aryl methyl sites for hydroxylation is 1. The average molecular weight is 377 g/mol. The number of carbonyl (C=O) groups excluding carboxylic acids is 2. The summed E-state index contributed by atoms with van der Waals surface area (Å²) in [4.78, 5) is 27.8. The van der Waals surface area contributed by atoms with Gasteiger partial charge in [0.05, 0.1) is 5.41 Å². The normalized spacial score (nSPS) is 20.5. The maximum Gasteiger partial charge on any atom is 0.254 e. The van der Waals surface area contributed by atoms with Crippen molar-refractivity contribution in [2.75, 3.05) is 11.9 Å². The van der Waals surface area contributed by atoms with Gasteiger partial charge in [-0.05, 0) is 75.3 Å². The van der Waals surface area contributed by atoms with Gasteiger partial charge in [-0.2, -0.15) is 0 Å². The van der Waals surface area contributed by atoms with E-state index >= 15 is 0 Å². The van der Waals surface area contributed by atoms with Crippen LogP contribution in [0.1, 0.15) is 60.5 Å². The highest BCUT2D eigenvalue weighted by Crippen LogP contribution is 2.49. The predicted octanol–water partition coefficient (Wildman–Crippen LogP) is 4.68. The molecule has 1 saturated heterocycles. The molecule has 2 amide bonds. The first-order chi connectivity index (χ1) is 13.5. The second-order valence-corrected chi connectivity index (χ2v) is 8.28. The largest absolute Gasteiger partial charge is 0.336 e. The monoisotopic (exact) mass is 376 g/mol. The molecule has 0 bridgehead atoms. The van der Waals surface area contributed by atoms with Gasteiger partial charge >= 0.3 is 0 Å². The summed E-state index contributed by atoms with van der Waals surface area (Å²) in [7, 11) is 0. The fourth-order valence-electron chi connectivity index (χ4n) is 4.27. The summed E-state index contributed by atoms with van der Waals surface area (Å²) in [6.07, 6.45) is 5.10. The van der Waals surface area contributed by atoms with Crippen LogP contribution in [-0.4, -0.2) is 29.3 Å². The average Bonchev–Trinajstić information content (AvgIpc) is 3.52. The molecule has 1 saturated carbocycles. The molecule has 2 aromatic carbocycles. The fourth-order valence-corrected chi connectivity index (χ4v) is 4.27. The van der Waals surface area contributed by atoms with Crippen LogP contribution in [0.4, 0.5) is 5.69 Å². The third-order valence-electron chi connectivity index (χ3n) is 6.30. The minimum Gasteiger partial charge on any atom is -0.336 e. The Labute approximate surface area is 166 Å². The van der Waals surface area contributed by atoms with Gasteiger partial charge < -0.3 is 10.2 Å². The first kappa shape index (κ1) is 18.7. The number of likely N-dealkylation sites (tertiary alicyclic amines) is 1. The summed E-state index contributed by atoms with van der Waals surface area (Å²) in [5, 5.41) is 3.10. The van der Waals surface area contributed by atoms with Crippen molar-refractivity contribution >= 4 is 17.5 Å². The second-order valence-electron chi connectivity index (χ2n) is 8.28. The van der Waals surface area contributed by atoms with E-state index in [0.29, 0.717) is 11.6 Å². The van der Waals surface area contributed by atoms with Gasteiger partial charge in [0.25, 0.3) is 5.91 Å². The van der Waals surface area contributed by atoms with Crippen LogP contribution in [0.15, 0.2) is 48.5 Å². The van der Waals surface area contributed by atoms with E-state index in [1.54, 1.807) is 0 Å². The maximum atomic E-state index is 13.0. The smallest absolute Gasteiger partial charge is 0.254 e. The molecule has 28 heavy (non-hydrogen) atoms. The fraction of sp³-hybridized carbons (Fsp3) is 0.417. The van der Waals surface area contributed by atoms with Crippen molar-refractivity contribution < 1.29 is 9.59 Å². The molecule has 1 unspecified atom stereocenters. The van der Waals surface area contributed by atoms with Crippen LogP contribution in [0.5, 0.6) is 0 Å². The summed E-state index contributed by atoms with van der Waals surface area (Å²) in [5.41, 5.74) is 3.10. The maximum absolute atomic E-state index is 13.0. The predicted molar refractivity (Wildman–Crippen MR) is 112 cm³/mol. The van der Waals surface area contributed by atoms with Crippen molar-refractivity contribution in [2.24, 2.45) is 0 Å². The summed E-state index contributed by atoms with van der Waals surface area (Å²) >= 11 is 0. The Morgan fingerprint density at radius 2 is 1.82 bits per heavy atom. The Morgan fingerprint density at radius 1 is 1.07 bits per heavy atom. The van der Waals surface area contributed by atoms with Gasteiger partial charge in [0.15, 0.2) is 0 Å². The van der Waals surface area contributed by atoms with Crippen molar-refractivity contribution in [3.63, 3.8) is 0 Å². The Balaban J connectivity index is 1.49. The van der Waals surface area contributed by atoms with Gasteiger partial charge in [-0.1, -0.05) is 30.3 Å². The molecule has 1 heterocycles.